The molecule has 12 heteroatoms. The van der Waals surface area contributed by atoms with Crippen LogP contribution in [0.5, 0.6) is 11.8 Å². The molecule has 3 aliphatic rings. The SMILES string of the molecule is CCc1c(F)ccc2cc(OCOC)cc(-c3ncc4c(N5CCCC(OC)C5)nc(OC[C@]56CCCN5C[C@@H](F)C6)nc4c3F)c12. The first-order valence-corrected chi connectivity index (χ1v) is 16.4. The summed E-state index contributed by atoms with van der Waals surface area (Å²) in [5.74, 6) is -0.131. The Morgan fingerprint density at radius 1 is 1.04 bits per heavy atom. The van der Waals surface area contributed by atoms with Gasteiger partial charge in [-0.05, 0) is 73.2 Å². The molecule has 2 aromatic heterocycles. The Bertz CT molecular complexity index is 1790. The molecule has 0 spiro atoms. The van der Waals surface area contributed by atoms with Gasteiger partial charge in [0.05, 0.1) is 17.0 Å². The van der Waals surface area contributed by atoms with Crippen LogP contribution in [0, 0.1) is 11.6 Å². The maximum atomic E-state index is 17.0. The maximum Gasteiger partial charge on any atom is 0.319 e. The smallest absolute Gasteiger partial charge is 0.319 e. The molecule has 0 N–H and O–H groups in total. The Morgan fingerprint density at radius 2 is 1.91 bits per heavy atom. The summed E-state index contributed by atoms with van der Waals surface area (Å²) >= 11 is 0. The summed E-state index contributed by atoms with van der Waals surface area (Å²) in [6.07, 6.45) is 5.01. The van der Waals surface area contributed by atoms with Crippen molar-refractivity contribution in [2.24, 2.45) is 0 Å². The lowest BCUT2D eigenvalue weighted by Crippen LogP contribution is -2.43. The summed E-state index contributed by atoms with van der Waals surface area (Å²) in [7, 11) is 3.20. The van der Waals surface area contributed by atoms with Crippen molar-refractivity contribution in [2.75, 3.05) is 58.7 Å². The molecule has 250 valence electrons. The minimum Gasteiger partial charge on any atom is -0.468 e. The Balaban J connectivity index is 1.38. The van der Waals surface area contributed by atoms with E-state index in [9.17, 15) is 4.39 Å². The first kappa shape index (κ1) is 31.8. The van der Waals surface area contributed by atoms with Gasteiger partial charge in [-0.2, -0.15) is 9.97 Å². The van der Waals surface area contributed by atoms with Gasteiger partial charge in [0.2, 0.25) is 0 Å². The minimum atomic E-state index is -0.909. The molecule has 1 unspecified atom stereocenters. The predicted molar refractivity (Wildman–Crippen MR) is 173 cm³/mol. The predicted octanol–water partition coefficient (Wildman–Crippen LogP) is 6.24. The summed E-state index contributed by atoms with van der Waals surface area (Å²) in [5.41, 5.74) is 0.451. The van der Waals surface area contributed by atoms with E-state index in [4.69, 9.17) is 23.9 Å². The average Bonchev–Trinajstić information content (AvgIpc) is 3.61. The number of aromatic nitrogens is 3. The lowest BCUT2D eigenvalue weighted by molar-refractivity contribution is 0.0512. The third kappa shape index (κ3) is 5.84. The number of alkyl halides is 1. The fraction of sp³-hybridized carbons (Fsp3) is 0.514. The largest absolute Gasteiger partial charge is 0.468 e. The Hall–Kier alpha value is -3.74. The van der Waals surface area contributed by atoms with Crippen molar-refractivity contribution >= 4 is 27.5 Å². The molecule has 0 bridgehead atoms. The summed E-state index contributed by atoms with van der Waals surface area (Å²) in [6, 6.07) is 6.52. The van der Waals surface area contributed by atoms with Crippen molar-refractivity contribution < 1.29 is 32.1 Å². The number of benzene rings is 2. The van der Waals surface area contributed by atoms with Gasteiger partial charge >= 0.3 is 6.01 Å². The molecule has 0 aliphatic carbocycles. The van der Waals surface area contributed by atoms with E-state index >= 15 is 8.78 Å². The number of fused-ring (bicyclic) bond motifs is 3. The first-order valence-electron chi connectivity index (χ1n) is 16.4. The highest BCUT2D eigenvalue weighted by Gasteiger charge is 2.49. The van der Waals surface area contributed by atoms with Crippen molar-refractivity contribution in [1.82, 2.24) is 19.9 Å². The molecule has 3 aliphatic heterocycles. The lowest BCUT2D eigenvalue weighted by Gasteiger charge is -2.34. The lowest BCUT2D eigenvalue weighted by atomic mass is 9.94. The molecule has 47 heavy (non-hydrogen) atoms. The van der Waals surface area contributed by atoms with Crippen molar-refractivity contribution in [2.45, 2.75) is 63.3 Å². The van der Waals surface area contributed by atoms with E-state index in [0.29, 0.717) is 71.3 Å². The van der Waals surface area contributed by atoms with Crippen LogP contribution in [0.4, 0.5) is 19.0 Å². The van der Waals surface area contributed by atoms with E-state index in [1.54, 1.807) is 31.5 Å². The van der Waals surface area contributed by atoms with Crippen molar-refractivity contribution in [1.29, 1.82) is 0 Å². The van der Waals surface area contributed by atoms with Crippen LogP contribution in [0.2, 0.25) is 0 Å². The molecule has 3 fully saturated rings. The fourth-order valence-electron chi connectivity index (χ4n) is 7.72. The number of hydrogen-bond donors (Lipinski definition) is 0. The first-order chi connectivity index (χ1) is 22.8. The molecule has 2 aromatic carbocycles. The molecule has 5 heterocycles. The summed E-state index contributed by atoms with van der Waals surface area (Å²) in [4.78, 5) is 18.3. The number of piperidine rings is 1. The van der Waals surface area contributed by atoms with Gasteiger partial charge in [-0.15, -0.1) is 0 Å². The summed E-state index contributed by atoms with van der Waals surface area (Å²) in [6.45, 7) is 4.53. The number of halogens is 3. The normalized spacial score (nSPS) is 23.1. The molecule has 9 nitrogen and oxygen atoms in total. The zero-order valence-electron chi connectivity index (χ0n) is 27.0. The van der Waals surface area contributed by atoms with Gasteiger partial charge in [-0.25, -0.2) is 13.2 Å². The zero-order chi connectivity index (χ0) is 32.7. The van der Waals surface area contributed by atoms with Crippen molar-refractivity contribution in [3.05, 3.63) is 47.7 Å². The van der Waals surface area contributed by atoms with Crippen LogP contribution in [0.15, 0.2) is 30.5 Å². The van der Waals surface area contributed by atoms with Crippen LogP contribution in [-0.2, 0) is 15.9 Å². The Labute approximate surface area is 272 Å². The van der Waals surface area contributed by atoms with E-state index in [0.717, 1.165) is 32.2 Å². The van der Waals surface area contributed by atoms with Crippen LogP contribution >= 0.6 is 0 Å². The van der Waals surface area contributed by atoms with E-state index in [2.05, 4.69) is 19.8 Å². The van der Waals surface area contributed by atoms with Gasteiger partial charge in [0, 0.05) is 52.0 Å². The second kappa shape index (κ2) is 13.0. The molecular formula is C35H40F3N5O4. The van der Waals surface area contributed by atoms with Gasteiger partial charge in [-0.3, -0.25) is 9.88 Å². The quantitative estimate of drug-likeness (QED) is 0.185. The highest BCUT2D eigenvalue weighted by atomic mass is 19.1. The molecule has 0 radical (unpaired) electrons. The monoisotopic (exact) mass is 651 g/mol. The van der Waals surface area contributed by atoms with Crippen molar-refractivity contribution in [3.63, 3.8) is 0 Å². The standard InChI is InChI=1S/C35H40F3N5O4/c1-4-25-28(37)9-8-21-13-24(47-20-44-2)14-26(29(21)25)31-30(38)32-27(16-39-31)33(42-11-5-7-23(18-42)45-3)41-34(40-32)46-19-35-10-6-12-43(35)17-22(36)15-35/h8-9,13-14,16,22-23H,4-7,10-12,15,17-20H2,1-3H3/t22-,23?,35+/m0/s1. The number of aryl methyl sites for hydroxylation is 1. The third-order valence-electron chi connectivity index (χ3n) is 9.98. The molecular weight excluding hydrogens is 611 g/mol. The van der Waals surface area contributed by atoms with Gasteiger partial charge in [0.1, 0.15) is 41.4 Å². The molecule has 3 atom stereocenters. The van der Waals surface area contributed by atoms with Crippen molar-refractivity contribution in [3.8, 4) is 23.0 Å². The molecule has 3 saturated heterocycles. The maximum absolute atomic E-state index is 17.0. The third-order valence-corrected chi connectivity index (χ3v) is 9.98. The van der Waals surface area contributed by atoms with E-state index in [-0.39, 0.29) is 42.5 Å². The second-order valence-electron chi connectivity index (χ2n) is 12.8. The van der Waals surface area contributed by atoms with E-state index < -0.39 is 17.5 Å². The Morgan fingerprint density at radius 3 is 2.72 bits per heavy atom. The fourth-order valence-corrected chi connectivity index (χ4v) is 7.72. The van der Waals surface area contributed by atoms with E-state index in [1.807, 2.05) is 6.92 Å². The van der Waals surface area contributed by atoms with E-state index in [1.165, 1.54) is 13.2 Å². The van der Waals surface area contributed by atoms with Gasteiger partial charge in [0.25, 0.3) is 0 Å². The molecule has 7 rings (SSSR count). The number of pyridine rings is 1. The number of hydrogen-bond acceptors (Lipinski definition) is 9. The zero-order valence-corrected chi connectivity index (χ0v) is 27.0. The number of anilines is 1. The van der Waals surface area contributed by atoms with Gasteiger partial charge < -0.3 is 23.8 Å². The van der Waals surface area contributed by atoms with Crippen LogP contribution < -0.4 is 14.4 Å². The highest BCUT2D eigenvalue weighted by molar-refractivity contribution is 6.01. The minimum absolute atomic E-state index is 0.00584. The average molecular weight is 652 g/mol. The number of methoxy groups -OCH3 is 2. The van der Waals surface area contributed by atoms with Crippen LogP contribution in [-0.4, -0.2) is 91.5 Å². The van der Waals surface area contributed by atoms with Crippen LogP contribution in [0.25, 0.3) is 32.9 Å². The van der Waals surface area contributed by atoms with Gasteiger partial charge in [0.15, 0.2) is 12.6 Å². The molecule has 0 saturated carbocycles. The summed E-state index contributed by atoms with van der Waals surface area (Å²) in [5, 5.41) is 1.66. The highest BCUT2D eigenvalue weighted by Crippen LogP contribution is 2.42. The second-order valence-corrected chi connectivity index (χ2v) is 12.8. The van der Waals surface area contributed by atoms with Crippen LogP contribution in [0.1, 0.15) is 44.6 Å². The summed E-state index contributed by atoms with van der Waals surface area (Å²) < 4.78 is 69.4. The molecule has 0 amide bonds. The number of rotatable bonds is 10. The molecule has 4 aromatic rings. The topological polar surface area (TPSA) is 82.1 Å². The van der Waals surface area contributed by atoms with Gasteiger partial charge in [-0.1, -0.05) is 13.0 Å². The van der Waals surface area contributed by atoms with Crippen LogP contribution in [0.3, 0.4) is 0 Å². The Kier molecular flexibility index (Phi) is 8.84. The number of ether oxygens (including phenoxy) is 4. The number of nitrogens with zero attached hydrogens (tertiary/aromatic N) is 5.